The lowest BCUT2D eigenvalue weighted by Gasteiger charge is -2.25. The summed E-state index contributed by atoms with van der Waals surface area (Å²) in [6.45, 7) is 5.77. The Kier molecular flexibility index (Phi) is 6.35. The average Bonchev–Trinajstić information content (AvgIpc) is 2.98. The van der Waals surface area contributed by atoms with Gasteiger partial charge in [0.2, 0.25) is 0 Å². The molecule has 2 nitrogen and oxygen atoms in total. The van der Waals surface area contributed by atoms with Crippen LogP contribution in [0, 0.1) is 5.92 Å². The smallest absolute Gasteiger partial charge is 0.0410 e. The molecule has 3 heteroatoms. The van der Waals surface area contributed by atoms with Crippen LogP contribution in [0.25, 0.3) is 0 Å². The molecule has 19 heavy (non-hydrogen) atoms. The van der Waals surface area contributed by atoms with Gasteiger partial charge in [0.05, 0.1) is 0 Å². The van der Waals surface area contributed by atoms with Gasteiger partial charge < -0.3 is 5.32 Å². The Labute approximate surface area is 122 Å². The van der Waals surface area contributed by atoms with Gasteiger partial charge in [0.25, 0.3) is 0 Å². The molecule has 0 spiro atoms. The van der Waals surface area contributed by atoms with Crippen molar-refractivity contribution in [1.82, 2.24) is 10.2 Å². The molecule has 1 N–H and O–H groups in total. The molecule has 0 bridgehead atoms. The molecule has 1 aromatic rings. The molecule has 1 heterocycles. The minimum absolute atomic E-state index is 0.538. The third-order valence-electron chi connectivity index (χ3n) is 4.42. The second-order valence-corrected chi connectivity index (χ2v) is 6.86. The molecule has 0 saturated heterocycles. The Balaban J connectivity index is 1.59. The summed E-state index contributed by atoms with van der Waals surface area (Å²) in [5.74, 6) is 0.939. The van der Waals surface area contributed by atoms with Crippen molar-refractivity contribution in [3.8, 4) is 0 Å². The molecule has 1 fully saturated rings. The van der Waals surface area contributed by atoms with Crippen LogP contribution in [0.15, 0.2) is 17.5 Å². The van der Waals surface area contributed by atoms with Crippen molar-refractivity contribution in [3.05, 3.63) is 22.4 Å². The molecule has 0 radical (unpaired) electrons. The Hall–Kier alpha value is -0.380. The summed E-state index contributed by atoms with van der Waals surface area (Å²) in [7, 11) is 2.23. The first-order valence-corrected chi connectivity index (χ1v) is 8.59. The second-order valence-electron chi connectivity index (χ2n) is 5.88. The van der Waals surface area contributed by atoms with Crippen molar-refractivity contribution in [1.29, 1.82) is 0 Å². The van der Waals surface area contributed by atoms with Gasteiger partial charge in [-0.15, -0.1) is 11.3 Å². The van der Waals surface area contributed by atoms with Crippen molar-refractivity contribution in [2.24, 2.45) is 5.92 Å². The van der Waals surface area contributed by atoms with E-state index in [1.165, 1.54) is 43.5 Å². The van der Waals surface area contributed by atoms with Gasteiger partial charge in [-0.2, -0.15) is 0 Å². The predicted molar refractivity (Wildman–Crippen MR) is 84.8 cm³/mol. The normalized spacial score (nSPS) is 18.9. The molecule has 0 aromatic carbocycles. The Morgan fingerprint density at radius 3 is 2.84 bits per heavy atom. The van der Waals surface area contributed by atoms with Crippen molar-refractivity contribution in [2.75, 3.05) is 26.7 Å². The summed E-state index contributed by atoms with van der Waals surface area (Å²) in [5, 5.41) is 5.82. The van der Waals surface area contributed by atoms with E-state index in [4.69, 9.17) is 0 Å². The van der Waals surface area contributed by atoms with E-state index in [1.807, 2.05) is 11.3 Å². The van der Waals surface area contributed by atoms with E-state index >= 15 is 0 Å². The van der Waals surface area contributed by atoms with E-state index in [1.54, 1.807) is 0 Å². The van der Waals surface area contributed by atoms with Gasteiger partial charge in [0, 0.05) is 24.0 Å². The fourth-order valence-electron chi connectivity index (χ4n) is 2.89. The minimum atomic E-state index is 0.538. The largest absolute Gasteiger partial charge is 0.315 e. The zero-order valence-corrected chi connectivity index (χ0v) is 13.2. The number of hydrogen-bond donors (Lipinski definition) is 1. The Bertz CT molecular complexity index is 331. The average molecular weight is 280 g/mol. The van der Waals surface area contributed by atoms with Crippen LogP contribution < -0.4 is 5.32 Å². The van der Waals surface area contributed by atoms with Gasteiger partial charge in [-0.25, -0.2) is 0 Å². The third kappa shape index (κ3) is 4.90. The highest BCUT2D eigenvalue weighted by Gasteiger charge is 2.14. The molecular weight excluding hydrogens is 252 g/mol. The van der Waals surface area contributed by atoms with Gasteiger partial charge in [0.1, 0.15) is 0 Å². The molecule has 1 saturated carbocycles. The standard InChI is InChI=1S/C16H28N2S/c1-14(16-9-6-12-19-16)18(2)11-10-17-13-15-7-4-3-5-8-15/h6,9,12,14-15,17H,3-5,7-8,10-11,13H2,1-2H3. The topological polar surface area (TPSA) is 15.3 Å². The van der Waals surface area contributed by atoms with Crippen LogP contribution >= 0.6 is 11.3 Å². The highest BCUT2D eigenvalue weighted by atomic mass is 32.1. The van der Waals surface area contributed by atoms with Gasteiger partial charge in [0.15, 0.2) is 0 Å². The molecule has 1 aliphatic rings. The zero-order chi connectivity index (χ0) is 13.5. The molecular formula is C16H28N2S. The van der Waals surface area contributed by atoms with Gasteiger partial charge >= 0.3 is 0 Å². The second kappa shape index (κ2) is 8.03. The number of thiophene rings is 1. The van der Waals surface area contributed by atoms with Crippen LogP contribution in [0.2, 0.25) is 0 Å². The van der Waals surface area contributed by atoms with E-state index in [9.17, 15) is 0 Å². The lowest BCUT2D eigenvalue weighted by molar-refractivity contribution is 0.258. The first-order valence-electron chi connectivity index (χ1n) is 7.71. The van der Waals surface area contributed by atoms with Crippen molar-refractivity contribution < 1.29 is 0 Å². The SMILES string of the molecule is CC(c1cccs1)N(C)CCNCC1CCCCC1. The molecule has 0 aliphatic heterocycles. The van der Waals surface area contributed by atoms with E-state index in [2.05, 4.69) is 41.7 Å². The highest BCUT2D eigenvalue weighted by Crippen LogP contribution is 2.23. The van der Waals surface area contributed by atoms with Crippen LogP contribution in [-0.4, -0.2) is 31.6 Å². The van der Waals surface area contributed by atoms with E-state index in [-0.39, 0.29) is 0 Å². The first kappa shape index (κ1) is 15.0. The van der Waals surface area contributed by atoms with Crippen LogP contribution in [0.3, 0.4) is 0 Å². The summed E-state index contributed by atoms with van der Waals surface area (Å²) in [4.78, 5) is 3.91. The van der Waals surface area contributed by atoms with Crippen LogP contribution in [0.5, 0.6) is 0 Å². The first-order chi connectivity index (χ1) is 9.27. The molecule has 1 unspecified atom stereocenters. The number of likely N-dealkylation sites (N-methyl/N-ethyl adjacent to an activating group) is 1. The van der Waals surface area contributed by atoms with Crippen LogP contribution in [0.4, 0.5) is 0 Å². The summed E-state index contributed by atoms with van der Waals surface area (Å²) in [5.41, 5.74) is 0. The third-order valence-corrected chi connectivity index (χ3v) is 5.46. The minimum Gasteiger partial charge on any atom is -0.315 e. The van der Waals surface area contributed by atoms with Gasteiger partial charge in [-0.3, -0.25) is 4.90 Å². The van der Waals surface area contributed by atoms with Gasteiger partial charge in [-0.05, 0) is 50.7 Å². The molecule has 1 aromatic heterocycles. The maximum atomic E-state index is 3.65. The van der Waals surface area contributed by atoms with E-state index < -0.39 is 0 Å². The van der Waals surface area contributed by atoms with Crippen molar-refractivity contribution >= 4 is 11.3 Å². The molecule has 0 amide bonds. The summed E-state index contributed by atoms with van der Waals surface area (Å²) < 4.78 is 0. The lowest BCUT2D eigenvalue weighted by atomic mass is 9.89. The summed E-state index contributed by atoms with van der Waals surface area (Å²) in [6.07, 6.45) is 7.23. The highest BCUT2D eigenvalue weighted by molar-refractivity contribution is 7.10. The number of nitrogens with zero attached hydrogens (tertiary/aromatic N) is 1. The summed E-state index contributed by atoms with van der Waals surface area (Å²) in [6, 6.07) is 4.92. The van der Waals surface area contributed by atoms with Crippen molar-refractivity contribution in [3.63, 3.8) is 0 Å². The lowest BCUT2D eigenvalue weighted by Crippen LogP contribution is -2.33. The van der Waals surface area contributed by atoms with Crippen LogP contribution in [0.1, 0.15) is 49.9 Å². The zero-order valence-electron chi connectivity index (χ0n) is 12.4. The molecule has 1 atom stereocenters. The van der Waals surface area contributed by atoms with E-state index in [0.29, 0.717) is 6.04 Å². The van der Waals surface area contributed by atoms with E-state index in [0.717, 1.165) is 19.0 Å². The van der Waals surface area contributed by atoms with Gasteiger partial charge in [-0.1, -0.05) is 25.3 Å². The quantitative estimate of drug-likeness (QED) is 0.762. The maximum Gasteiger partial charge on any atom is 0.0410 e. The fraction of sp³-hybridized carbons (Fsp3) is 0.750. The van der Waals surface area contributed by atoms with Crippen LogP contribution in [-0.2, 0) is 0 Å². The monoisotopic (exact) mass is 280 g/mol. The predicted octanol–water partition coefficient (Wildman–Crippen LogP) is 3.91. The van der Waals surface area contributed by atoms with Crippen molar-refractivity contribution in [2.45, 2.75) is 45.1 Å². The molecule has 1 aliphatic carbocycles. The number of hydrogen-bond acceptors (Lipinski definition) is 3. The Morgan fingerprint density at radius 1 is 1.37 bits per heavy atom. The Morgan fingerprint density at radius 2 is 2.16 bits per heavy atom. The summed E-state index contributed by atoms with van der Waals surface area (Å²) >= 11 is 1.86. The number of nitrogens with one attached hydrogen (secondary N) is 1. The molecule has 108 valence electrons. The fourth-order valence-corrected chi connectivity index (χ4v) is 3.74. The number of rotatable bonds is 7. The maximum absolute atomic E-state index is 3.65. The molecule has 2 rings (SSSR count).